The van der Waals surface area contributed by atoms with E-state index >= 15 is 0 Å². The molecular weight excluding hydrogens is 515 g/mol. The van der Waals surface area contributed by atoms with Crippen LogP contribution in [0.15, 0.2) is 28.5 Å². The van der Waals surface area contributed by atoms with Crippen molar-refractivity contribution >= 4 is 51.3 Å². The van der Waals surface area contributed by atoms with E-state index < -0.39 is 6.10 Å². The Labute approximate surface area is 193 Å². The van der Waals surface area contributed by atoms with Crippen LogP contribution in [0.2, 0.25) is 0 Å². The molecule has 1 aliphatic rings. The number of nitrogens with two attached hydrogens (primary N) is 1. The smallest absolute Gasteiger partial charge is 0.175 e. The molecule has 0 radical (unpaired) electrons. The van der Waals surface area contributed by atoms with E-state index in [0.717, 1.165) is 32.4 Å². The van der Waals surface area contributed by atoms with E-state index in [4.69, 9.17) is 15.5 Å². The number of nitrogens with one attached hydrogen (secondary N) is 1. The molecule has 0 amide bonds. The van der Waals surface area contributed by atoms with Crippen LogP contribution < -0.4 is 15.8 Å². The minimum absolute atomic E-state index is 0.0786. The monoisotopic (exact) mass is 540 g/mol. The molecule has 0 fully saturated rings. The van der Waals surface area contributed by atoms with E-state index in [9.17, 15) is 5.11 Å². The average Bonchev–Trinajstić information content (AvgIpc) is 3.25. The van der Waals surface area contributed by atoms with Crippen molar-refractivity contribution in [3.63, 3.8) is 0 Å². The van der Waals surface area contributed by atoms with Gasteiger partial charge in [0.1, 0.15) is 12.1 Å². The minimum Gasteiger partial charge on any atom is -0.493 e. The lowest BCUT2D eigenvalue weighted by molar-refractivity contribution is 0.140. The minimum atomic E-state index is -0.607. The van der Waals surface area contributed by atoms with Gasteiger partial charge in [-0.25, -0.2) is 15.0 Å². The molecule has 1 atom stereocenters. The molecule has 4 N–H and O–H groups in total. The highest BCUT2D eigenvalue weighted by Gasteiger charge is 2.22. The molecule has 4 rings (SSSR count). The Hall–Kier alpha value is -1.63. The zero-order valence-electron chi connectivity index (χ0n) is 17.1. The van der Waals surface area contributed by atoms with Gasteiger partial charge >= 0.3 is 0 Å². The van der Waals surface area contributed by atoms with Crippen LogP contribution in [0, 0.1) is 3.57 Å². The first-order chi connectivity index (χ1) is 14.2. The van der Waals surface area contributed by atoms with Crippen molar-refractivity contribution in [3.05, 3.63) is 27.6 Å². The Morgan fingerprint density at radius 3 is 2.93 bits per heavy atom. The summed E-state index contributed by atoms with van der Waals surface area (Å²) in [6.07, 6.45) is 1.73. The molecule has 10 heteroatoms. The Bertz CT molecular complexity index is 1080. The zero-order valence-corrected chi connectivity index (χ0v) is 20.1. The summed E-state index contributed by atoms with van der Waals surface area (Å²) in [6.45, 7) is 7.74. The molecule has 1 unspecified atom stereocenters. The van der Waals surface area contributed by atoms with Crippen molar-refractivity contribution in [1.82, 2.24) is 24.8 Å². The number of hydrogen-bond donors (Lipinski definition) is 3. The molecule has 0 saturated heterocycles. The summed E-state index contributed by atoms with van der Waals surface area (Å²) in [5, 5.41) is 14.7. The highest BCUT2D eigenvalue weighted by molar-refractivity contribution is 14.1. The van der Waals surface area contributed by atoms with E-state index in [1.807, 2.05) is 4.57 Å². The largest absolute Gasteiger partial charge is 0.493 e. The summed E-state index contributed by atoms with van der Waals surface area (Å²) < 4.78 is 8.68. The third-order valence-electron chi connectivity index (χ3n) is 4.73. The van der Waals surface area contributed by atoms with E-state index in [0.29, 0.717) is 30.1 Å². The lowest BCUT2D eigenvalue weighted by Crippen LogP contribution is -2.42. The predicted octanol–water partition coefficient (Wildman–Crippen LogP) is 2.85. The Morgan fingerprint density at radius 2 is 2.17 bits per heavy atom. The number of nitrogen functional groups attached to an aromatic ring is 1. The van der Waals surface area contributed by atoms with Gasteiger partial charge in [-0.2, -0.15) is 0 Å². The fraction of sp³-hybridized carbons (Fsp3) is 0.450. The summed E-state index contributed by atoms with van der Waals surface area (Å²) in [5.74, 6) is 1.29. The maximum Gasteiger partial charge on any atom is 0.175 e. The number of nitrogens with zero attached hydrogens (tertiary/aromatic N) is 4. The van der Waals surface area contributed by atoms with Crippen molar-refractivity contribution in [3.8, 4) is 5.75 Å². The topological polar surface area (TPSA) is 111 Å². The van der Waals surface area contributed by atoms with Crippen LogP contribution in [-0.2, 0) is 13.0 Å². The molecular formula is C20H25IN6O2S. The van der Waals surface area contributed by atoms with E-state index in [2.05, 4.69) is 70.8 Å². The number of β-amino-alcohol motifs (C(OH)–C–C–N with tert-alkyl or cyclic N) is 1. The average molecular weight is 540 g/mol. The summed E-state index contributed by atoms with van der Waals surface area (Å²) in [6, 6.07) is 4.22. The van der Waals surface area contributed by atoms with Gasteiger partial charge in [0.15, 0.2) is 22.1 Å². The first-order valence-corrected chi connectivity index (χ1v) is 11.6. The second-order valence-electron chi connectivity index (χ2n) is 8.31. The van der Waals surface area contributed by atoms with Crippen molar-refractivity contribution in [2.75, 3.05) is 18.9 Å². The molecule has 8 nitrogen and oxygen atoms in total. The van der Waals surface area contributed by atoms with Gasteiger partial charge in [0.05, 0.1) is 19.3 Å². The predicted molar refractivity (Wildman–Crippen MR) is 126 cm³/mol. The number of aromatic nitrogens is 4. The number of aliphatic hydroxyl groups excluding tert-OH is 1. The molecule has 1 aliphatic heterocycles. The van der Waals surface area contributed by atoms with Crippen molar-refractivity contribution < 1.29 is 9.84 Å². The van der Waals surface area contributed by atoms with Gasteiger partial charge in [0.25, 0.3) is 0 Å². The number of imidazole rings is 1. The summed E-state index contributed by atoms with van der Waals surface area (Å²) in [5.41, 5.74) is 8.35. The van der Waals surface area contributed by atoms with Crippen LogP contribution in [-0.4, -0.2) is 49.4 Å². The molecule has 0 saturated carbocycles. The molecule has 160 valence electrons. The molecule has 0 spiro atoms. The van der Waals surface area contributed by atoms with Crippen molar-refractivity contribution in [2.45, 2.75) is 55.4 Å². The van der Waals surface area contributed by atoms with E-state index in [-0.39, 0.29) is 5.54 Å². The number of aliphatic hydroxyl groups is 1. The van der Waals surface area contributed by atoms with Gasteiger partial charge in [-0.15, -0.1) is 0 Å². The molecule has 2 aromatic heterocycles. The lowest BCUT2D eigenvalue weighted by atomic mass is 10.1. The van der Waals surface area contributed by atoms with Crippen LogP contribution in [0.5, 0.6) is 5.75 Å². The first kappa shape index (κ1) is 21.6. The van der Waals surface area contributed by atoms with Crippen LogP contribution in [0.1, 0.15) is 26.3 Å². The van der Waals surface area contributed by atoms with Crippen LogP contribution in [0.4, 0.5) is 5.82 Å². The fourth-order valence-corrected chi connectivity index (χ4v) is 4.96. The lowest BCUT2D eigenvalue weighted by Gasteiger charge is -2.23. The van der Waals surface area contributed by atoms with Gasteiger partial charge in [0.2, 0.25) is 0 Å². The number of hydrogen-bond acceptors (Lipinski definition) is 8. The van der Waals surface area contributed by atoms with E-state index in [1.165, 1.54) is 11.9 Å². The molecule has 0 bridgehead atoms. The SMILES string of the molecule is CC(C)(C)NCC(O)Cn1c(Sc2cc3c(cc2I)OCC3)nc2c(N)ncnc21. The highest BCUT2D eigenvalue weighted by Crippen LogP contribution is 2.38. The van der Waals surface area contributed by atoms with Crippen LogP contribution in [0.25, 0.3) is 11.2 Å². The summed E-state index contributed by atoms with van der Waals surface area (Å²) in [4.78, 5) is 14.3. The number of ether oxygens (including phenoxy) is 1. The Kier molecular flexibility index (Phi) is 6.11. The zero-order chi connectivity index (χ0) is 21.5. The van der Waals surface area contributed by atoms with Gasteiger partial charge in [0, 0.05) is 27.0 Å². The quantitative estimate of drug-likeness (QED) is 0.410. The Morgan fingerprint density at radius 1 is 1.37 bits per heavy atom. The molecule has 30 heavy (non-hydrogen) atoms. The van der Waals surface area contributed by atoms with Gasteiger partial charge in [-0.05, 0) is 61.1 Å². The third-order valence-corrected chi connectivity index (χ3v) is 7.04. The van der Waals surface area contributed by atoms with E-state index in [1.54, 1.807) is 11.8 Å². The van der Waals surface area contributed by atoms with Gasteiger partial charge in [-0.1, -0.05) is 11.8 Å². The molecule has 0 aliphatic carbocycles. The molecule has 3 heterocycles. The highest BCUT2D eigenvalue weighted by atomic mass is 127. The number of anilines is 1. The number of fused-ring (bicyclic) bond motifs is 2. The summed E-state index contributed by atoms with van der Waals surface area (Å²) in [7, 11) is 0. The van der Waals surface area contributed by atoms with Crippen molar-refractivity contribution in [1.29, 1.82) is 0 Å². The molecule has 3 aromatic rings. The first-order valence-electron chi connectivity index (χ1n) is 9.74. The summed E-state index contributed by atoms with van der Waals surface area (Å²) >= 11 is 3.86. The standard InChI is InChI=1S/C20H25IN6O2S/c1-20(2,3)25-8-12(28)9-27-18-16(17(22)23-10-24-18)26-19(27)30-15-6-11-4-5-29-14(11)7-13(15)21/h6-7,10,12,25,28H,4-5,8-9H2,1-3H3,(H2,22,23,24). The van der Waals surface area contributed by atoms with Crippen LogP contribution >= 0.6 is 34.4 Å². The second-order valence-corrected chi connectivity index (χ2v) is 10.5. The number of halogens is 1. The van der Waals surface area contributed by atoms with Gasteiger partial charge < -0.3 is 25.5 Å². The second kappa shape index (κ2) is 8.48. The maximum atomic E-state index is 10.7. The fourth-order valence-electron chi connectivity index (χ4n) is 3.23. The van der Waals surface area contributed by atoms with Crippen molar-refractivity contribution in [2.24, 2.45) is 0 Å². The number of rotatable bonds is 6. The third kappa shape index (κ3) is 4.66. The van der Waals surface area contributed by atoms with Gasteiger partial charge in [-0.3, -0.25) is 0 Å². The maximum absolute atomic E-state index is 10.7. The normalized spacial score (nSPS) is 14.7. The number of benzene rings is 1. The Balaban J connectivity index is 1.67. The van der Waals surface area contributed by atoms with Crippen LogP contribution in [0.3, 0.4) is 0 Å². The molecule has 1 aromatic carbocycles.